The van der Waals surface area contributed by atoms with Crippen LogP contribution in [0.3, 0.4) is 0 Å². The molecule has 0 atom stereocenters. The van der Waals surface area contributed by atoms with Crippen molar-refractivity contribution in [1.82, 2.24) is 0 Å². The first-order valence-corrected chi connectivity index (χ1v) is 6.16. The molecule has 0 unspecified atom stereocenters. The van der Waals surface area contributed by atoms with Crippen molar-refractivity contribution < 1.29 is 33.5 Å². The van der Waals surface area contributed by atoms with Crippen LogP contribution >= 0.6 is 0 Å². The summed E-state index contributed by atoms with van der Waals surface area (Å²) in [4.78, 5) is 0. The van der Waals surface area contributed by atoms with Crippen molar-refractivity contribution in [3.63, 3.8) is 0 Å². The molecule has 0 heterocycles. The summed E-state index contributed by atoms with van der Waals surface area (Å²) in [5.41, 5.74) is 0. The van der Waals surface area contributed by atoms with Crippen LogP contribution in [0, 0.1) is 0 Å². The van der Waals surface area contributed by atoms with Crippen LogP contribution in [0.15, 0.2) is 0 Å². The molecule has 0 fully saturated rings. The van der Waals surface area contributed by atoms with Crippen molar-refractivity contribution in [2.24, 2.45) is 0 Å². The molecule has 8 nitrogen and oxygen atoms in total. The molecule has 0 rings (SSSR count). The van der Waals surface area contributed by atoms with E-state index in [0.717, 1.165) is 0 Å². The summed E-state index contributed by atoms with van der Waals surface area (Å²) in [7, 11) is -4.67. The zero-order valence-electron chi connectivity index (χ0n) is 5.60. The van der Waals surface area contributed by atoms with Crippen LogP contribution in [-0.4, -0.2) is 99.4 Å². The van der Waals surface area contributed by atoms with Crippen LogP contribution in [-0.2, 0) is 14.1 Å². The van der Waals surface area contributed by atoms with Crippen molar-refractivity contribution in [1.29, 1.82) is 0 Å². The van der Waals surface area contributed by atoms with Gasteiger partial charge in [0, 0.05) is 0 Å². The van der Waals surface area contributed by atoms with E-state index in [-0.39, 0.29) is 55.1 Å². The van der Waals surface area contributed by atoms with E-state index < -0.39 is 24.9 Å². The van der Waals surface area contributed by atoms with E-state index >= 15 is 0 Å². The van der Waals surface area contributed by atoms with Gasteiger partial charge in [0.1, 0.15) is 0 Å². The Balaban J connectivity index is -0.0000000457. The van der Waals surface area contributed by atoms with E-state index in [2.05, 4.69) is 0 Å². The maximum absolute atomic E-state index is 8.94. The summed E-state index contributed by atoms with van der Waals surface area (Å²) < 4.78 is 62.3. The minimum atomic E-state index is -5.12. The Morgan fingerprint density at radius 1 is 1.00 bits per heavy atom. The van der Waals surface area contributed by atoms with Gasteiger partial charge in [-0.3, -0.25) is 9.11 Å². The summed E-state index contributed by atoms with van der Waals surface area (Å²) in [6.45, 7) is 0. The Morgan fingerprint density at radius 3 is 1.00 bits per heavy atom. The third kappa shape index (κ3) is 391. The molecule has 12 heteroatoms. The van der Waals surface area contributed by atoms with Gasteiger partial charge >= 0.3 is 96.0 Å². The molecule has 0 aromatic rings. The minimum Gasteiger partial charge on any atom is 2.00 e. The normalized spacial score (nSPS) is 9.75. The molecule has 64 valence electrons. The van der Waals surface area contributed by atoms with E-state index in [1.165, 1.54) is 0 Å². The zero-order chi connectivity index (χ0) is 9.00. The van der Waals surface area contributed by atoms with Gasteiger partial charge in [0.05, 0.1) is 0 Å². The van der Waals surface area contributed by atoms with Crippen LogP contribution in [0.2, 0.25) is 0 Å². The van der Waals surface area contributed by atoms with Gasteiger partial charge in [0.25, 0.3) is 0 Å². The van der Waals surface area contributed by atoms with Crippen molar-refractivity contribution >= 4 is 80.0 Å². The van der Waals surface area contributed by atoms with Gasteiger partial charge in [-0.05, 0) is 0 Å². The first-order chi connectivity index (χ1) is 4.00. The summed E-state index contributed by atoms with van der Waals surface area (Å²) in [6.07, 6.45) is 0. The molecule has 0 radical (unpaired) electrons. The fraction of sp³-hybridized carbons (Fsp3) is 0. The van der Waals surface area contributed by atoms with E-state index in [4.69, 9.17) is 33.5 Å². The molecule has 0 aromatic carbocycles. The quantitative estimate of drug-likeness (QED) is 0.227. The predicted molar refractivity (Wildman–Crippen MR) is 38.8 cm³/mol. The second-order valence-corrected chi connectivity index (χ2v) is 4.01. The molecular weight excluding hydrogens is 302 g/mol. The van der Waals surface area contributed by atoms with Gasteiger partial charge in [-0.25, -0.2) is 0 Å². The molecular formula is H5AlAsCaO8S+5. The smallest absolute Gasteiger partial charge is 2.00 e. The molecule has 12 heavy (non-hydrogen) atoms. The standard InChI is InChI=1S/Al.AsH3O4.Ca.H2O4S/c;2-1(3,4)5;;1-5(2,3)4/h;(H3,2,3,4,5);;(H2,1,2,3,4)/q+3;;+2;. The first-order valence-electron chi connectivity index (χ1n) is 1.48. The first kappa shape index (κ1) is 23.6. The van der Waals surface area contributed by atoms with Crippen LogP contribution in [0.1, 0.15) is 0 Å². The van der Waals surface area contributed by atoms with Gasteiger partial charge in [-0.15, -0.1) is 0 Å². The van der Waals surface area contributed by atoms with Crippen molar-refractivity contribution in [2.75, 3.05) is 0 Å². The number of hydrogen-bond donors (Lipinski definition) is 5. The second-order valence-electron chi connectivity index (χ2n) is 0.961. The zero-order valence-corrected chi connectivity index (χ0v) is 11.7. The average molecular weight is 307 g/mol. The number of hydrogen-bond acceptors (Lipinski definition) is 3. The molecule has 0 aliphatic rings. The molecule has 0 saturated heterocycles. The van der Waals surface area contributed by atoms with Gasteiger partial charge in [-0.2, -0.15) is 8.42 Å². The van der Waals surface area contributed by atoms with Crippen molar-refractivity contribution in [2.45, 2.75) is 0 Å². The Hall–Kier alpha value is 1.90. The summed E-state index contributed by atoms with van der Waals surface area (Å²) in [6, 6.07) is 0. The van der Waals surface area contributed by atoms with E-state index in [1.54, 1.807) is 0 Å². The van der Waals surface area contributed by atoms with Crippen molar-refractivity contribution in [3.05, 3.63) is 0 Å². The van der Waals surface area contributed by atoms with Crippen LogP contribution in [0.25, 0.3) is 0 Å². The maximum atomic E-state index is 8.94. The van der Waals surface area contributed by atoms with Crippen molar-refractivity contribution in [3.8, 4) is 0 Å². The van der Waals surface area contributed by atoms with Gasteiger partial charge < -0.3 is 0 Å². The third-order valence-corrected chi connectivity index (χ3v) is 0. The van der Waals surface area contributed by atoms with Gasteiger partial charge in [-0.1, -0.05) is 0 Å². The fourth-order valence-corrected chi connectivity index (χ4v) is 0. The molecule has 0 saturated carbocycles. The summed E-state index contributed by atoms with van der Waals surface area (Å²) in [5, 5.41) is 0. The number of rotatable bonds is 0. The molecule has 5 N–H and O–H groups in total. The van der Waals surface area contributed by atoms with Crippen LogP contribution in [0.4, 0.5) is 0 Å². The Bertz CT molecular complexity index is 197. The average Bonchev–Trinajstić information content (AvgIpc) is 1.12. The topological polar surface area (TPSA) is 152 Å². The Morgan fingerprint density at radius 2 is 1.00 bits per heavy atom. The van der Waals surface area contributed by atoms with E-state index in [1.807, 2.05) is 0 Å². The Kier molecular flexibility index (Phi) is 18.6. The largest absolute Gasteiger partial charge is 3.00 e. The molecule has 0 aliphatic carbocycles. The summed E-state index contributed by atoms with van der Waals surface area (Å²) in [5.74, 6) is 0. The molecule has 0 bridgehead atoms. The van der Waals surface area contributed by atoms with Gasteiger partial charge in [0.2, 0.25) is 0 Å². The molecule has 0 aromatic heterocycles. The molecule has 0 spiro atoms. The minimum absolute atomic E-state index is 0. The second kappa shape index (κ2) is 9.46. The molecule has 0 aliphatic heterocycles. The molecule has 0 amide bonds. The van der Waals surface area contributed by atoms with Crippen LogP contribution in [0.5, 0.6) is 0 Å². The van der Waals surface area contributed by atoms with Gasteiger partial charge in [0.15, 0.2) is 0 Å². The van der Waals surface area contributed by atoms with Crippen LogP contribution < -0.4 is 0 Å². The summed E-state index contributed by atoms with van der Waals surface area (Å²) >= 11 is -5.12. The third-order valence-electron chi connectivity index (χ3n) is 0. The SMILES string of the molecule is O=S(=O)(O)O.O=[As](O)(O)O.[Al+3].[Ca+2]. The van der Waals surface area contributed by atoms with E-state index in [9.17, 15) is 0 Å². The monoisotopic (exact) mass is 307 g/mol. The predicted octanol–water partition coefficient (Wildman–Crippen LogP) is -3.58. The maximum Gasteiger partial charge on any atom is 3.00 e. The fourth-order valence-electron chi connectivity index (χ4n) is 0. The Labute approximate surface area is 112 Å². The van der Waals surface area contributed by atoms with E-state index in [0.29, 0.717) is 0 Å².